The molecule has 0 aliphatic carbocycles. The molecule has 0 fully saturated rings. The van der Waals surface area contributed by atoms with Crippen LogP contribution in [0.1, 0.15) is 26.7 Å². The number of carboxylic acids is 1. The predicted molar refractivity (Wildman–Crippen MR) is 115 cm³/mol. The lowest BCUT2D eigenvalue weighted by molar-refractivity contribution is -0.141. The first kappa shape index (κ1) is 27.5. The smallest absolute Gasteiger partial charge is 0.327 e. The SMILES string of the molecule is CSCCC(NC(=O)C(CC(C)C)NC(=O)C(N)CO)C(=O)NC(CS)C(=O)O. The minimum Gasteiger partial charge on any atom is -0.480 e. The summed E-state index contributed by atoms with van der Waals surface area (Å²) in [5, 5.41) is 25.5. The van der Waals surface area contributed by atoms with E-state index in [4.69, 9.17) is 15.9 Å². The number of carbonyl (C=O) groups is 4. The van der Waals surface area contributed by atoms with Crippen molar-refractivity contribution in [2.75, 3.05) is 24.4 Å². The van der Waals surface area contributed by atoms with Crippen LogP contribution in [-0.4, -0.2) is 82.4 Å². The van der Waals surface area contributed by atoms with Gasteiger partial charge in [-0.3, -0.25) is 14.4 Å². The number of thioether (sulfide) groups is 1. The Morgan fingerprint density at radius 2 is 1.52 bits per heavy atom. The first-order valence-corrected chi connectivity index (χ1v) is 11.2. The number of carbonyl (C=O) groups excluding carboxylic acids is 3. The number of thiol groups is 1. The third-order valence-corrected chi connectivity index (χ3v) is 4.92. The Balaban J connectivity index is 5.31. The minimum absolute atomic E-state index is 0.0513. The number of aliphatic hydroxyl groups excluding tert-OH is 1. The summed E-state index contributed by atoms with van der Waals surface area (Å²) in [5.74, 6) is -2.64. The summed E-state index contributed by atoms with van der Waals surface area (Å²) in [5.41, 5.74) is 5.49. The van der Waals surface area contributed by atoms with Gasteiger partial charge in [-0.15, -0.1) is 0 Å². The number of nitrogens with one attached hydrogen (secondary N) is 3. The number of aliphatic carboxylic acids is 1. The molecule has 168 valence electrons. The Kier molecular flexibility index (Phi) is 13.7. The van der Waals surface area contributed by atoms with E-state index >= 15 is 0 Å². The Morgan fingerprint density at radius 1 is 1.00 bits per heavy atom. The average molecular weight is 453 g/mol. The van der Waals surface area contributed by atoms with E-state index in [1.54, 1.807) is 0 Å². The van der Waals surface area contributed by atoms with Crippen molar-refractivity contribution in [2.45, 2.75) is 50.9 Å². The van der Waals surface area contributed by atoms with Gasteiger partial charge in [-0.2, -0.15) is 24.4 Å². The zero-order valence-corrected chi connectivity index (χ0v) is 18.6. The standard InChI is InChI=1S/C17H32N4O6S2/c1-9(2)6-12(20-14(23)10(18)7-22)16(25)19-11(4-5-29-3)15(24)21-13(8-28)17(26)27/h9-13,22,28H,4-8,18H2,1-3H3,(H,19,25)(H,20,23)(H,21,24)(H,26,27). The minimum atomic E-state index is -1.23. The van der Waals surface area contributed by atoms with E-state index < -0.39 is 54.5 Å². The summed E-state index contributed by atoms with van der Waals surface area (Å²) < 4.78 is 0. The molecule has 3 amide bonds. The molecule has 0 rings (SSSR count). The average Bonchev–Trinajstić information content (AvgIpc) is 2.66. The van der Waals surface area contributed by atoms with Gasteiger partial charge < -0.3 is 31.9 Å². The monoisotopic (exact) mass is 452 g/mol. The van der Waals surface area contributed by atoms with E-state index in [9.17, 15) is 19.2 Å². The number of hydrogen-bond acceptors (Lipinski definition) is 8. The largest absolute Gasteiger partial charge is 0.480 e. The number of carboxylic acid groups (broad SMARTS) is 1. The van der Waals surface area contributed by atoms with Gasteiger partial charge in [0.05, 0.1) is 6.61 Å². The highest BCUT2D eigenvalue weighted by Crippen LogP contribution is 2.08. The summed E-state index contributed by atoms with van der Waals surface area (Å²) in [6.45, 7) is 3.15. The van der Waals surface area contributed by atoms with Crippen LogP contribution in [0.5, 0.6) is 0 Å². The van der Waals surface area contributed by atoms with Gasteiger partial charge in [-0.05, 0) is 30.8 Å². The molecule has 0 radical (unpaired) electrons. The summed E-state index contributed by atoms with van der Waals surface area (Å²) >= 11 is 5.37. The Labute approximate surface area is 180 Å². The number of hydrogen-bond donors (Lipinski definition) is 7. The van der Waals surface area contributed by atoms with Crippen molar-refractivity contribution >= 4 is 48.1 Å². The first-order chi connectivity index (χ1) is 13.6. The molecule has 0 aliphatic rings. The van der Waals surface area contributed by atoms with Crippen LogP contribution in [0.3, 0.4) is 0 Å². The van der Waals surface area contributed by atoms with Crippen LogP contribution in [0.2, 0.25) is 0 Å². The van der Waals surface area contributed by atoms with Gasteiger partial charge in [0.1, 0.15) is 24.2 Å². The number of nitrogens with two attached hydrogens (primary N) is 1. The molecule has 4 atom stereocenters. The lowest BCUT2D eigenvalue weighted by Gasteiger charge is -2.25. The fourth-order valence-electron chi connectivity index (χ4n) is 2.30. The van der Waals surface area contributed by atoms with E-state index in [1.807, 2.05) is 20.1 Å². The normalized spacial score (nSPS) is 15.1. The fourth-order valence-corrected chi connectivity index (χ4v) is 3.02. The zero-order valence-electron chi connectivity index (χ0n) is 16.9. The number of aliphatic hydroxyl groups is 1. The van der Waals surface area contributed by atoms with Crippen LogP contribution in [0.4, 0.5) is 0 Å². The molecule has 12 heteroatoms. The molecule has 0 aliphatic heterocycles. The van der Waals surface area contributed by atoms with Crippen LogP contribution in [0.15, 0.2) is 0 Å². The molecule has 7 N–H and O–H groups in total. The Hall–Kier alpha value is -1.50. The highest BCUT2D eigenvalue weighted by Gasteiger charge is 2.30. The van der Waals surface area contributed by atoms with Crippen molar-refractivity contribution < 1.29 is 29.4 Å². The van der Waals surface area contributed by atoms with Crippen molar-refractivity contribution in [2.24, 2.45) is 11.7 Å². The maximum Gasteiger partial charge on any atom is 0.327 e. The molecule has 0 aromatic rings. The van der Waals surface area contributed by atoms with Crippen LogP contribution in [0, 0.1) is 5.92 Å². The molecular formula is C17H32N4O6S2. The molecule has 0 aromatic carbocycles. The van der Waals surface area contributed by atoms with Gasteiger partial charge in [0, 0.05) is 5.75 Å². The van der Waals surface area contributed by atoms with Crippen molar-refractivity contribution in [3.63, 3.8) is 0 Å². The van der Waals surface area contributed by atoms with Crippen molar-refractivity contribution in [1.82, 2.24) is 16.0 Å². The van der Waals surface area contributed by atoms with Gasteiger partial charge in [-0.1, -0.05) is 13.8 Å². The lowest BCUT2D eigenvalue weighted by Crippen LogP contribution is -2.58. The van der Waals surface area contributed by atoms with Crippen molar-refractivity contribution in [3.8, 4) is 0 Å². The highest BCUT2D eigenvalue weighted by atomic mass is 32.2. The third-order valence-electron chi connectivity index (χ3n) is 3.91. The lowest BCUT2D eigenvalue weighted by atomic mass is 10.0. The number of rotatable bonds is 14. The van der Waals surface area contributed by atoms with Crippen LogP contribution in [-0.2, 0) is 19.2 Å². The van der Waals surface area contributed by atoms with E-state index in [1.165, 1.54) is 11.8 Å². The number of amides is 3. The van der Waals surface area contributed by atoms with Crippen LogP contribution >= 0.6 is 24.4 Å². The molecule has 0 saturated carbocycles. The summed E-state index contributed by atoms with van der Waals surface area (Å²) in [7, 11) is 0. The topological polar surface area (TPSA) is 171 Å². The second kappa shape index (κ2) is 14.5. The predicted octanol–water partition coefficient (Wildman–Crippen LogP) is -1.43. The molecule has 29 heavy (non-hydrogen) atoms. The van der Waals surface area contributed by atoms with Gasteiger partial charge in [0.2, 0.25) is 17.7 Å². The molecule has 4 unspecified atom stereocenters. The molecule has 0 heterocycles. The summed E-state index contributed by atoms with van der Waals surface area (Å²) in [6, 6.07) is -4.28. The van der Waals surface area contributed by atoms with E-state index in [0.29, 0.717) is 12.2 Å². The molecule has 0 saturated heterocycles. The highest BCUT2D eigenvalue weighted by molar-refractivity contribution is 7.98. The van der Waals surface area contributed by atoms with Gasteiger partial charge in [-0.25, -0.2) is 4.79 Å². The molecule has 10 nitrogen and oxygen atoms in total. The van der Waals surface area contributed by atoms with Gasteiger partial charge >= 0.3 is 5.97 Å². The second-order valence-electron chi connectivity index (χ2n) is 6.90. The maximum absolute atomic E-state index is 12.7. The van der Waals surface area contributed by atoms with E-state index in [2.05, 4.69) is 28.6 Å². The Morgan fingerprint density at radius 3 is 1.97 bits per heavy atom. The zero-order chi connectivity index (χ0) is 22.6. The molecular weight excluding hydrogens is 420 g/mol. The van der Waals surface area contributed by atoms with Crippen LogP contribution in [0.25, 0.3) is 0 Å². The summed E-state index contributed by atoms with van der Waals surface area (Å²) in [4.78, 5) is 48.4. The first-order valence-electron chi connectivity index (χ1n) is 9.17. The van der Waals surface area contributed by atoms with Crippen LogP contribution < -0.4 is 21.7 Å². The maximum atomic E-state index is 12.7. The van der Waals surface area contributed by atoms with Gasteiger partial charge in [0.15, 0.2) is 0 Å². The Bertz CT molecular complexity index is 564. The van der Waals surface area contributed by atoms with E-state index in [0.717, 1.165) is 0 Å². The van der Waals surface area contributed by atoms with Crippen molar-refractivity contribution in [1.29, 1.82) is 0 Å². The molecule has 0 aromatic heterocycles. The van der Waals surface area contributed by atoms with Gasteiger partial charge in [0.25, 0.3) is 0 Å². The second-order valence-corrected chi connectivity index (χ2v) is 8.26. The van der Waals surface area contributed by atoms with Crippen molar-refractivity contribution in [3.05, 3.63) is 0 Å². The fraction of sp³-hybridized carbons (Fsp3) is 0.765. The summed E-state index contributed by atoms with van der Waals surface area (Å²) in [6.07, 6.45) is 2.40. The molecule has 0 bridgehead atoms. The van der Waals surface area contributed by atoms with E-state index in [-0.39, 0.29) is 18.1 Å². The third kappa shape index (κ3) is 10.7. The quantitative estimate of drug-likeness (QED) is 0.157. The molecule has 0 spiro atoms.